The molecule has 0 bridgehead atoms. The first-order valence-electron chi connectivity index (χ1n) is 17.5. The summed E-state index contributed by atoms with van der Waals surface area (Å²) in [7, 11) is 0. The first kappa shape index (κ1) is 34.5. The molecular weight excluding hydrogens is 747 g/mol. The second-order valence-electron chi connectivity index (χ2n) is 12.8. The molecular formula is C49H35BrNS2+. The summed E-state index contributed by atoms with van der Waals surface area (Å²) in [6.45, 7) is 0. The van der Waals surface area contributed by atoms with Crippen LogP contribution in [0.15, 0.2) is 180 Å². The molecule has 0 aliphatic heterocycles. The zero-order valence-electron chi connectivity index (χ0n) is 28.9. The lowest BCUT2D eigenvalue weighted by Crippen LogP contribution is -1.88. The smallest absolute Gasteiger partial charge is 0.148 e. The van der Waals surface area contributed by atoms with E-state index in [0.29, 0.717) is 0 Å². The molecule has 0 saturated heterocycles. The van der Waals surface area contributed by atoms with Gasteiger partial charge in [0.25, 0.3) is 0 Å². The minimum Gasteiger partial charge on any atom is -0.399 e. The molecule has 0 amide bonds. The van der Waals surface area contributed by atoms with Crippen LogP contribution in [0, 0.1) is 6.08 Å². The van der Waals surface area contributed by atoms with Crippen LogP contribution in [0.5, 0.6) is 0 Å². The highest BCUT2D eigenvalue weighted by Crippen LogP contribution is 2.37. The molecule has 254 valence electrons. The van der Waals surface area contributed by atoms with Gasteiger partial charge in [0, 0.05) is 41.8 Å². The number of rotatable bonds is 4. The van der Waals surface area contributed by atoms with Crippen molar-refractivity contribution in [3.05, 3.63) is 208 Å². The van der Waals surface area contributed by atoms with Gasteiger partial charge in [-0.15, -0.1) is 11.3 Å². The minimum atomic E-state index is 0.805. The second kappa shape index (κ2) is 16.0. The van der Waals surface area contributed by atoms with Gasteiger partial charge in [0.2, 0.25) is 0 Å². The van der Waals surface area contributed by atoms with Crippen LogP contribution in [0.3, 0.4) is 0 Å². The summed E-state index contributed by atoms with van der Waals surface area (Å²) in [6, 6.07) is 59.6. The minimum absolute atomic E-state index is 0.805. The van der Waals surface area contributed by atoms with Crippen LogP contribution in [0.1, 0.15) is 21.6 Å². The van der Waals surface area contributed by atoms with E-state index in [1.54, 1.807) is 0 Å². The third-order valence-corrected chi connectivity index (χ3v) is 12.0. The van der Waals surface area contributed by atoms with Crippen LogP contribution in [0.4, 0.5) is 5.69 Å². The van der Waals surface area contributed by atoms with E-state index >= 15 is 0 Å². The third-order valence-electron chi connectivity index (χ3n) is 9.21. The molecule has 7 aromatic carbocycles. The predicted octanol–water partition coefficient (Wildman–Crippen LogP) is 14.8. The van der Waals surface area contributed by atoms with E-state index in [1.807, 2.05) is 77.3 Å². The van der Waals surface area contributed by atoms with E-state index < -0.39 is 0 Å². The van der Waals surface area contributed by atoms with Gasteiger partial charge in [0.15, 0.2) is 0 Å². The number of thiophene rings is 2. The molecule has 1 aliphatic rings. The van der Waals surface area contributed by atoms with Crippen molar-refractivity contribution in [2.45, 2.75) is 6.42 Å². The van der Waals surface area contributed by atoms with Crippen molar-refractivity contribution in [2.75, 3.05) is 5.73 Å². The quantitative estimate of drug-likeness (QED) is 0.140. The average molecular weight is 782 g/mol. The molecule has 53 heavy (non-hydrogen) atoms. The highest BCUT2D eigenvalue weighted by molar-refractivity contribution is 9.10. The molecule has 9 aromatic rings. The lowest BCUT2D eigenvalue weighted by atomic mass is 10.00. The Morgan fingerprint density at radius 3 is 1.77 bits per heavy atom. The van der Waals surface area contributed by atoms with Gasteiger partial charge in [-0.1, -0.05) is 155 Å². The third kappa shape index (κ3) is 8.08. The largest absolute Gasteiger partial charge is 0.399 e. The Morgan fingerprint density at radius 2 is 1.06 bits per heavy atom. The molecule has 0 atom stereocenters. The highest BCUT2D eigenvalue weighted by atomic mass is 79.9. The van der Waals surface area contributed by atoms with Crippen molar-refractivity contribution in [3.63, 3.8) is 0 Å². The lowest BCUT2D eigenvalue weighted by molar-refractivity contribution is 1.20. The Morgan fingerprint density at radius 1 is 0.491 bits per heavy atom. The maximum Gasteiger partial charge on any atom is 0.148 e. The maximum atomic E-state index is 5.60. The Bertz CT molecular complexity index is 2690. The number of fused-ring (bicyclic) bond motifs is 6. The van der Waals surface area contributed by atoms with Crippen molar-refractivity contribution in [2.24, 2.45) is 0 Å². The van der Waals surface area contributed by atoms with Gasteiger partial charge in [-0.3, -0.25) is 0 Å². The van der Waals surface area contributed by atoms with Gasteiger partial charge in [0.05, 0.1) is 10.8 Å². The van der Waals surface area contributed by atoms with Crippen molar-refractivity contribution >= 4 is 86.7 Å². The molecule has 1 nitrogen and oxygen atoms in total. The molecule has 4 heteroatoms. The summed E-state index contributed by atoms with van der Waals surface area (Å²) in [5, 5.41) is 4.07. The molecule has 0 fully saturated rings. The van der Waals surface area contributed by atoms with Crippen LogP contribution in [0.25, 0.3) is 64.7 Å². The molecule has 2 heterocycles. The molecule has 2 aromatic heterocycles. The van der Waals surface area contributed by atoms with E-state index in [0.717, 1.165) is 16.6 Å². The van der Waals surface area contributed by atoms with Crippen molar-refractivity contribution in [1.29, 1.82) is 0 Å². The first-order chi connectivity index (χ1) is 26.1. The van der Waals surface area contributed by atoms with Gasteiger partial charge in [-0.25, -0.2) is 0 Å². The van der Waals surface area contributed by atoms with E-state index in [4.69, 9.17) is 5.73 Å². The predicted molar refractivity (Wildman–Crippen MR) is 237 cm³/mol. The fourth-order valence-electron chi connectivity index (χ4n) is 6.51. The standard InChI is InChI=1S/C25H18S.C12H6BrS.C12H11N/c1-2-6-20(7-3-1)21-13-10-18(11-14-21)16-19-12-15-23-22-8-4-5-9-24(22)26-25(23)17-19;13-8-5-6-10-9-3-1-2-4-11(9)14-12(10)7-8;13-12-8-6-11(7-9-12)10-4-2-1-3-5-10/h1-15,17H,16H2;1,3-7H;1-9H,13H2/q;+1;. The van der Waals surface area contributed by atoms with Crippen LogP contribution in [-0.4, -0.2) is 0 Å². The molecule has 0 radical (unpaired) electrons. The number of halogens is 1. The lowest BCUT2D eigenvalue weighted by Gasteiger charge is -2.05. The molecule has 1 aliphatic carbocycles. The van der Waals surface area contributed by atoms with Crippen molar-refractivity contribution in [1.82, 2.24) is 0 Å². The van der Waals surface area contributed by atoms with Crippen LogP contribution >= 0.6 is 38.6 Å². The van der Waals surface area contributed by atoms with Crippen LogP contribution < -0.4 is 5.73 Å². The average Bonchev–Trinajstić information content (AvgIpc) is 3.77. The number of benzene rings is 7. The second-order valence-corrected chi connectivity index (χ2v) is 15.9. The summed E-state index contributed by atoms with van der Waals surface area (Å²) in [5.74, 6) is 0. The summed E-state index contributed by atoms with van der Waals surface area (Å²) in [5.41, 5.74) is 15.4. The first-order valence-corrected chi connectivity index (χ1v) is 19.9. The Labute approximate surface area is 327 Å². The Balaban J connectivity index is 0.000000125. The van der Waals surface area contributed by atoms with E-state index in [9.17, 15) is 0 Å². The fourth-order valence-corrected chi connectivity index (χ4v) is 9.32. The van der Waals surface area contributed by atoms with Gasteiger partial charge < -0.3 is 5.73 Å². The zero-order chi connectivity index (χ0) is 36.0. The summed E-state index contributed by atoms with van der Waals surface area (Å²) >= 11 is 7.19. The van der Waals surface area contributed by atoms with Gasteiger partial charge in [0.1, 0.15) is 22.6 Å². The van der Waals surface area contributed by atoms with E-state index in [-0.39, 0.29) is 0 Å². The molecule has 0 spiro atoms. The van der Waals surface area contributed by atoms with Crippen molar-refractivity contribution in [3.8, 4) is 22.3 Å². The fraction of sp³-hybridized carbons (Fsp3) is 0.0204. The van der Waals surface area contributed by atoms with Crippen LogP contribution in [-0.2, 0) is 6.42 Å². The maximum absolute atomic E-state index is 5.60. The number of allylic oxidation sites excluding steroid dienone is 2. The van der Waals surface area contributed by atoms with Gasteiger partial charge >= 0.3 is 0 Å². The Kier molecular flexibility index (Phi) is 10.4. The molecule has 2 N–H and O–H groups in total. The highest BCUT2D eigenvalue weighted by Gasteiger charge is 2.17. The number of nitrogens with two attached hydrogens (primary N) is 1. The molecule has 0 unspecified atom stereocenters. The Hall–Kier alpha value is -5.61. The van der Waals surface area contributed by atoms with Crippen molar-refractivity contribution < 1.29 is 0 Å². The van der Waals surface area contributed by atoms with Gasteiger partial charge in [-0.05, 0) is 82.3 Å². The summed E-state index contributed by atoms with van der Waals surface area (Å²) in [6.07, 6.45) is 10.2. The number of anilines is 1. The van der Waals surface area contributed by atoms with Gasteiger partial charge in [-0.2, -0.15) is 0 Å². The zero-order valence-corrected chi connectivity index (χ0v) is 32.1. The number of nitrogen functional groups attached to an aromatic ring is 1. The van der Waals surface area contributed by atoms with E-state index in [1.165, 1.54) is 74.1 Å². The topological polar surface area (TPSA) is 26.0 Å². The number of hydrogen-bond donors (Lipinski definition) is 1. The molecule has 10 rings (SSSR count). The molecule has 0 saturated carbocycles. The number of hydrogen-bond acceptors (Lipinski definition) is 3. The SMILES string of the molecule is Brc1ccc2c3c(sc2c1)C=[C+]C=C3.Nc1ccc(-c2ccccc2)cc1.c1ccc(-c2ccc(Cc3ccc4c(c3)sc3ccccc34)cc2)cc1. The summed E-state index contributed by atoms with van der Waals surface area (Å²) < 4.78 is 5.21. The monoisotopic (exact) mass is 780 g/mol. The van der Waals surface area contributed by atoms with E-state index in [2.05, 4.69) is 155 Å². The van der Waals surface area contributed by atoms with Crippen LogP contribution in [0.2, 0.25) is 0 Å². The normalized spacial score (nSPS) is 11.3. The summed E-state index contributed by atoms with van der Waals surface area (Å²) in [4.78, 5) is 1.31.